The molecule has 0 bridgehead atoms. The van der Waals surface area contributed by atoms with Crippen molar-refractivity contribution in [1.82, 2.24) is 10.6 Å². The molecule has 33 heavy (non-hydrogen) atoms. The first kappa shape index (κ1) is 28.4. The summed E-state index contributed by atoms with van der Waals surface area (Å²) < 4.78 is 0. The zero-order chi connectivity index (χ0) is 25.0. The number of ketones is 1. The Morgan fingerprint density at radius 1 is 1.06 bits per heavy atom. The number of aliphatic hydroxyl groups is 1. The number of aliphatic carboxylic acids is 2. The lowest BCUT2D eigenvalue weighted by atomic mass is 9.97. The number of nitrogens with two attached hydrogens (primary N) is 1. The van der Waals surface area contributed by atoms with E-state index in [2.05, 4.69) is 10.6 Å². The average Bonchev–Trinajstić information content (AvgIpc) is 2.77. The van der Waals surface area contributed by atoms with Crippen LogP contribution in [0.2, 0.25) is 5.02 Å². The maximum atomic E-state index is 12.4. The van der Waals surface area contributed by atoms with Crippen molar-refractivity contribution >= 4 is 52.9 Å². The minimum atomic E-state index is -1.27. The van der Waals surface area contributed by atoms with E-state index in [1.165, 1.54) is 0 Å². The van der Waals surface area contributed by atoms with Gasteiger partial charge in [0.25, 0.3) is 0 Å². The summed E-state index contributed by atoms with van der Waals surface area (Å²) in [4.78, 5) is 58.2. The quantitative estimate of drug-likeness (QED) is 0.183. The van der Waals surface area contributed by atoms with E-state index in [-0.39, 0.29) is 24.3 Å². The molecule has 0 fully saturated rings. The summed E-state index contributed by atoms with van der Waals surface area (Å²) >= 11 is 7.01. The smallest absolute Gasteiger partial charge is 0.322 e. The van der Waals surface area contributed by atoms with E-state index in [9.17, 15) is 29.1 Å². The van der Waals surface area contributed by atoms with Crippen LogP contribution in [0, 0.1) is 0 Å². The number of benzene rings is 1. The van der Waals surface area contributed by atoms with Gasteiger partial charge in [-0.25, -0.2) is 0 Å². The predicted octanol–water partition coefficient (Wildman–Crippen LogP) is -0.404. The Labute approximate surface area is 199 Å². The first-order valence-corrected chi connectivity index (χ1v) is 11.3. The van der Waals surface area contributed by atoms with Crippen molar-refractivity contribution in [3.8, 4) is 0 Å². The molecule has 1 aromatic rings. The number of thioether (sulfide) groups is 1. The molecule has 2 amide bonds. The molecular formula is C20H26ClN3O8S. The van der Waals surface area contributed by atoms with E-state index in [1.54, 1.807) is 24.3 Å². The van der Waals surface area contributed by atoms with Crippen molar-refractivity contribution < 1.29 is 39.3 Å². The van der Waals surface area contributed by atoms with Crippen LogP contribution in [-0.4, -0.2) is 81.6 Å². The van der Waals surface area contributed by atoms with E-state index in [0.717, 1.165) is 11.8 Å². The zero-order valence-corrected chi connectivity index (χ0v) is 19.1. The number of carbonyl (C=O) groups is 5. The van der Waals surface area contributed by atoms with Gasteiger partial charge in [0.15, 0.2) is 5.78 Å². The minimum absolute atomic E-state index is 0.00895. The molecular weight excluding hydrogens is 478 g/mol. The SMILES string of the molecule is NC(CCC(=O)NC(CSCC(C(=O)CO)c1ccc(Cl)cc1)C(=O)NCC(=O)O)C(=O)O. The Morgan fingerprint density at radius 2 is 1.70 bits per heavy atom. The lowest BCUT2D eigenvalue weighted by Gasteiger charge is -2.20. The second-order valence-corrected chi connectivity index (χ2v) is 8.49. The highest BCUT2D eigenvalue weighted by molar-refractivity contribution is 7.99. The zero-order valence-electron chi connectivity index (χ0n) is 17.5. The summed E-state index contributed by atoms with van der Waals surface area (Å²) in [5.74, 6) is -4.90. The number of carbonyl (C=O) groups excluding carboxylic acids is 3. The van der Waals surface area contributed by atoms with E-state index in [4.69, 9.17) is 27.5 Å². The molecule has 0 aromatic heterocycles. The average molecular weight is 504 g/mol. The number of nitrogens with one attached hydrogen (secondary N) is 2. The van der Waals surface area contributed by atoms with Gasteiger partial charge in [-0.1, -0.05) is 23.7 Å². The fourth-order valence-corrected chi connectivity index (χ4v) is 3.98. The summed E-state index contributed by atoms with van der Waals surface area (Å²) in [6.07, 6.45) is -0.404. The number of rotatable bonds is 15. The van der Waals surface area contributed by atoms with Gasteiger partial charge in [-0.05, 0) is 24.1 Å². The van der Waals surface area contributed by atoms with Gasteiger partial charge in [0.1, 0.15) is 25.2 Å². The molecule has 3 atom stereocenters. The molecule has 0 spiro atoms. The second kappa shape index (κ2) is 14.5. The third-order valence-corrected chi connectivity index (χ3v) is 5.84. The summed E-state index contributed by atoms with van der Waals surface area (Å²) in [5, 5.41) is 31.9. The molecule has 13 heteroatoms. The van der Waals surface area contributed by atoms with Gasteiger partial charge in [0.05, 0.1) is 5.92 Å². The first-order valence-electron chi connectivity index (χ1n) is 9.79. The molecule has 0 aliphatic rings. The third-order valence-electron chi connectivity index (χ3n) is 4.45. The van der Waals surface area contributed by atoms with Crippen LogP contribution in [-0.2, 0) is 24.0 Å². The molecule has 0 radical (unpaired) electrons. The fourth-order valence-electron chi connectivity index (χ4n) is 2.63. The van der Waals surface area contributed by atoms with Crippen LogP contribution in [0.5, 0.6) is 0 Å². The topological polar surface area (TPSA) is 196 Å². The largest absolute Gasteiger partial charge is 0.480 e. The van der Waals surface area contributed by atoms with E-state index in [0.29, 0.717) is 10.6 Å². The van der Waals surface area contributed by atoms with Crippen LogP contribution in [0.3, 0.4) is 0 Å². The lowest BCUT2D eigenvalue weighted by molar-refractivity contribution is -0.139. The van der Waals surface area contributed by atoms with Gasteiger partial charge in [-0.3, -0.25) is 24.0 Å². The number of hydrogen-bond acceptors (Lipinski definition) is 8. The van der Waals surface area contributed by atoms with Crippen molar-refractivity contribution in [3.63, 3.8) is 0 Å². The van der Waals surface area contributed by atoms with E-state index >= 15 is 0 Å². The van der Waals surface area contributed by atoms with Crippen LogP contribution >= 0.6 is 23.4 Å². The summed E-state index contributed by atoms with van der Waals surface area (Å²) in [5.41, 5.74) is 5.98. The van der Waals surface area contributed by atoms with Gasteiger partial charge >= 0.3 is 11.9 Å². The number of aliphatic hydroxyl groups excluding tert-OH is 1. The number of hydrogen-bond donors (Lipinski definition) is 6. The van der Waals surface area contributed by atoms with Crippen molar-refractivity contribution in [2.24, 2.45) is 5.73 Å². The maximum Gasteiger partial charge on any atom is 0.322 e. The monoisotopic (exact) mass is 503 g/mol. The Bertz CT molecular complexity index is 852. The van der Waals surface area contributed by atoms with Gasteiger partial charge in [0, 0.05) is 22.9 Å². The van der Waals surface area contributed by atoms with Crippen LogP contribution < -0.4 is 16.4 Å². The van der Waals surface area contributed by atoms with E-state index < -0.39 is 60.7 Å². The Kier molecular flexibility index (Phi) is 12.4. The molecule has 182 valence electrons. The minimum Gasteiger partial charge on any atom is -0.480 e. The molecule has 0 heterocycles. The lowest BCUT2D eigenvalue weighted by Crippen LogP contribution is -2.49. The van der Waals surface area contributed by atoms with Crippen molar-refractivity contribution in [2.45, 2.75) is 30.8 Å². The van der Waals surface area contributed by atoms with Crippen molar-refractivity contribution in [2.75, 3.05) is 24.7 Å². The highest BCUT2D eigenvalue weighted by Crippen LogP contribution is 2.24. The predicted molar refractivity (Wildman–Crippen MR) is 121 cm³/mol. The summed E-state index contributed by atoms with van der Waals surface area (Å²) in [6, 6.07) is 4.11. The molecule has 3 unspecified atom stereocenters. The number of amides is 2. The molecule has 0 saturated heterocycles. The molecule has 0 aliphatic heterocycles. The Morgan fingerprint density at radius 3 is 2.24 bits per heavy atom. The Balaban J connectivity index is 2.81. The van der Waals surface area contributed by atoms with Gasteiger partial charge < -0.3 is 31.7 Å². The summed E-state index contributed by atoms with van der Waals surface area (Å²) in [6.45, 7) is -1.34. The molecule has 1 rings (SSSR count). The molecule has 0 aliphatic carbocycles. The van der Waals surface area contributed by atoms with Crippen LogP contribution in [0.1, 0.15) is 24.3 Å². The summed E-state index contributed by atoms with van der Waals surface area (Å²) in [7, 11) is 0. The van der Waals surface area contributed by atoms with Gasteiger partial charge in [-0.15, -0.1) is 0 Å². The standard InChI is InChI=1S/C20H26ClN3O8S/c21-12-3-1-11(2-4-12)13(16(26)8-25)9-33-10-15(19(30)23-7-18(28)29)24-17(27)6-5-14(22)20(31)32/h1-4,13-15,25H,5-10,22H2,(H,23,30)(H,24,27)(H,28,29)(H,31,32). The highest BCUT2D eigenvalue weighted by atomic mass is 35.5. The van der Waals surface area contributed by atoms with Crippen LogP contribution in [0.15, 0.2) is 24.3 Å². The number of carboxylic acid groups (broad SMARTS) is 2. The van der Waals surface area contributed by atoms with Gasteiger partial charge in [0.2, 0.25) is 11.8 Å². The van der Waals surface area contributed by atoms with Crippen molar-refractivity contribution in [1.29, 1.82) is 0 Å². The number of Topliss-reactive ketones (excluding diaryl/α,β-unsaturated/α-hetero) is 1. The molecule has 1 aromatic carbocycles. The normalized spacial score (nSPS) is 13.4. The molecule has 0 saturated carbocycles. The van der Waals surface area contributed by atoms with E-state index in [1.807, 2.05) is 0 Å². The molecule has 11 nitrogen and oxygen atoms in total. The first-order chi connectivity index (χ1) is 15.5. The Hall–Kier alpha value is -2.67. The van der Waals surface area contributed by atoms with Gasteiger partial charge in [-0.2, -0.15) is 11.8 Å². The van der Waals surface area contributed by atoms with Crippen LogP contribution in [0.4, 0.5) is 0 Å². The molecule has 7 N–H and O–H groups in total. The van der Waals surface area contributed by atoms with Crippen molar-refractivity contribution in [3.05, 3.63) is 34.9 Å². The fraction of sp³-hybridized carbons (Fsp3) is 0.450. The third kappa shape index (κ3) is 10.7. The highest BCUT2D eigenvalue weighted by Gasteiger charge is 2.25. The van der Waals surface area contributed by atoms with Crippen LogP contribution in [0.25, 0.3) is 0 Å². The second-order valence-electron chi connectivity index (χ2n) is 6.98. The number of carboxylic acids is 2. The maximum absolute atomic E-state index is 12.4. The number of halogens is 1.